The lowest BCUT2D eigenvalue weighted by Crippen LogP contribution is -2.21. The van der Waals surface area contributed by atoms with Crippen LogP contribution in [0.3, 0.4) is 0 Å². The van der Waals surface area contributed by atoms with Crippen molar-refractivity contribution >= 4 is 23.2 Å². The number of halogens is 2. The van der Waals surface area contributed by atoms with E-state index in [9.17, 15) is 0 Å². The number of benzene rings is 2. The van der Waals surface area contributed by atoms with Gasteiger partial charge in [0.15, 0.2) is 11.5 Å². The minimum absolute atomic E-state index is 0.355. The van der Waals surface area contributed by atoms with Gasteiger partial charge in [0.25, 0.3) is 0 Å². The predicted molar refractivity (Wildman–Crippen MR) is 113 cm³/mol. The standard InChI is InChI=1S/C21H28Cl2N2O2/c1-4-26-20-8-5-7-16(14-24-11-6-12-25(2)3)21(20)27-15-17-9-10-18(22)13-19(17)23/h5,7-10,13,24H,4,6,11-12,14-15H2,1-3H3. The highest BCUT2D eigenvalue weighted by molar-refractivity contribution is 6.35. The van der Waals surface area contributed by atoms with Gasteiger partial charge >= 0.3 is 0 Å². The Labute approximate surface area is 172 Å². The average Bonchev–Trinajstić information content (AvgIpc) is 2.62. The first-order valence-electron chi connectivity index (χ1n) is 9.18. The van der Waals surface area contributed by atoms with Crippen molar-refractivity contribution in [1.29, 1.82) is 0 Å². The summed E-state index contributed by atoms with van der Waals surface area (Å²) >= 11 is 12.2. The molecule has 148 valence electrons. The predicted octanol–water partition coefficient (Wildman–Crippen LogP) is 5.01. The van der Waals surface area contributed by atoms with Gasteiger partial charge in [-0.3, -0.25) is 0 Å². The maximum absolute atomic E-state index is 6.27. The Morgan fingerprint density at radius 3 is 2.56 bits per heavy atom. The van der Waals surface area contributed by atoms with Crippen LogP contribution in [-0.4, -0.2) is 38.7 Å². The average molecular weight is 411 g/mol. The molecule has 0 aliphatic carbocycles. The molecule has 0 heterocycles. The number of para-hydroxylation sites is 1. The van der Waals surface area contributed by atoms with E-state index in [-0.39, 0.29) is 0 Å². The largest absolute Gasteiger partial charge is 0.490 e. The molecule has 2 aromatic carbocycles. The van der Waals surface area contributed by atoms with Gasteiger partial charge in [-0.2, -0.15) is 0 Å². The van der Waals surface area contributed by atoms with E-state index in [0.717, 1.165) is 48.7 Å². The molecule has 27 heavy (non-hydrogen) atoms. The molecular formula is C21H28Cl2N2O2. The number of hydrogen-bond acceptors (Lipinski definition) is 4. The summed E-state index contributed by atoms with van der Waals surface area (Å²) in [6.45, 7) is 5.62. The molecule has 0 fully saturated rings. The van der Waals surface area contributed by atoms with Crippen LogP contribution in [0.2, 0.25) is 10.0 Å². The quantitative estimate of drug-likeness (QED) is 0.527. The molecule has 0 bridgehead atoms. The zero-order valence-corrected chi connectivity index (χ0v) is 17.7. The summed E-state index contributed by atoms with van der Waals surface area (Å²) in [5.41, 5.74) is 1.95. The second kappa shape index (κ2) is 11.4. The third kappa shape index (κ3) is 7.23. The van der Waals surface area contributed by atoms with E-state index in [1.54, 1.807) is 6.07 Å². The SMILES string of the molecule is CCOc1cccc(CNCCCN(C)C)c1OCc1ccc(Cl)cc1Cl. The van der Waals surface area contributed by atoms with Crippen LogP contribution in [0, 0.1) is 0 Å². The number of hydrogen-bond donors (Lipinski definition) is 1. The van der Waals surface area contributed by atoms with E-state index in [1.165, 1.54) is 0 Å². The highest BCUT2D eigenvalue weighted by Crippen LogP contribution is 2.33. The number of nitrogens with zero attached hydrogens (tertiary/aromatic N) is 1. The van der Waals surface area contributed by atoms with Crippen LogP contribution in [0.5, 0.6) is 11.5 Å². The van der Waals surface area contributed by atoms with Gasteiger partial charge in [0.05, 0.1) is 6.61 Å². The monoisotopic (exact) mass is 410 g/mol. The molecule has 0 aromatic heterocycles. The second-order valence-electron chi connectivity index (χ2n) is 6.54. The topological polar surface area (TPSA) is 33.7 Å². The first-order chi connectivity index (χ1) is 13.0. The fourth-order valence-corrected chi connectivity index (χ4v) is 3.13. The fraction of sp³-hybridized carbons (Fsp3) is 0.429. The number of nitrogens with one attached hydrogen (secondary N) is 1. The molecule has 0 radical (unpaired) electrons. The van der Waals surface area contributed by atoms with Gasteiger partial charge in [-0.1, -0.05) is 41.4 Å². The number of rotatable bonds is 11. The smallest absolute Gasteiger partial charge is 0.166 e. The lowest BCUT2D eigenvalue weighted by molar-refractivity contribution is 0.266. The van der Waals surface area contributed by atoms with Crippen molar-refractivity contribution in [1.82, 2.24) is 10.2 Å². The Bertz CT molecular complexity index is 723. The minimum atomic E-state index is 0.355. The lowest BCUT2D eigenvalue weighted by Gasteiger charge is -2.17. The summed E-state index contributed by atoms with van der Waals surface area (Å²) < 4.78 is 11.9. The molecule has 2 aromatic rings. The Hall–Kier alpha value is -1.46. The normalized spacial score (nSPS) is 11.0. The maximum Gasteiger partial charge on any atom is 0.166 e. The Balaban J connectivity index is 2.06. The lowest BCUT2D eigenvalue weighted by atomic mass is 10.1. The van der Waals surface area contributed by atoms with Crippen LogP contribution in [0.4, 0.5) is 0 Å². The van der Waals surface area contributed by atoms with Gasteiger partial charge in [0.1, 0.15) is 6.61 Å². The molecule has 0 aliphatic heterocycles. The van der Waals surface area contributed by atoms with Gasteiger partial charge in [-0.25, -0.2) is 0 Å². The molecule has 4 nitrogen and oxygen atoms in total. The summed E-state index contributed by atoms with van der Waals surface area (Å²) in [4.78, 5) is 2.18. The molecular weight excluding hydrogens is 383 g/mol. The Kier molecular flexibility index (Phi) is 9.22. The van der Waals surface area contributed by atoms with Crippen LogP contribution in [-0.2, 0) is 13.2 Å². The zero-order valence-electron chi connectivity index (χ0n) is 16.2. The van der Waals surface area contributed by atoms with Crippen molar-refractivity contribution in [3.63, 3.8) is 0 Å². The van der Waals surface area contributed by atoms with Crippen molar-refractivity contribution in [2.45, 2.75) is 26.5 Å². The first-order valence-corrected chi connectivity index (χ1v) is 9.93. The number of ether oxygens (including phenoxy) is 2. The first kappa shape index (κ1) is 21.8. The maximum atomic E-state index is 6.27. The molecule has 0 saturated carbocycles. The fourth-order valence-electron chi connectivity index (χ4n) is 2.67. The third-order valence-corrected chi connectivity index (χ3v) is 4.61. The van der Waals surface area contributed by atoms with Crippen LogP contribution in [0.15, 0.2) is 36.4 Å². The van der Waals surface area contributed by atoms with E-state index in [4.69, 9.17) is 32.7 Å². The van der Waals surface area contributed by atoms with Gasteiger partial charge in [0, 0.05) is 27.7 Å². The minimum Gasteiger partial charge on any atom is -0.490 e. The van der Waals surface area contributed by atoms with Crippen molar-refractivity contribution in [2.24, 2.45) is 0 Å². The van der Waals surface area contributed by atoms with Crippen LogP contribution >= 0.6 is 23.2 Å². The van der Waals surface area contributed by atoms with Crippen molar-refractivity contribution < 1.29 is 9.47 Å². The second-order valence-corrected chi connectivity index (χ2v) is 7.38. The molecule has 0 aliphatic rings. The third-order valence-electron chi connectivity index (χ3n) is 4.02. The molecule has 0 atom stereocenters. The summed E-state index contributed by atoms with van der Waals surface area (Å²) in [6, 6.07) is 11.4. The summed E-state index contributed by atoms with van der Waals surface area (Å²) in [6.07, 6.45) is 1.09. The summed E-state index contributed by atoms with van der Waals surface area (Å²) in [7, 11) is 4.17. The van der Waals surface area contributed by atoms with Crippen molar-refractivity contribution in [3.8, 4) is 11.5 Å². The van der Waals surface area contributed by atoms with E-state index < -0.39 is 0 Å². The van der Waals surface area contributed by atoms with Crippen molar-refractivity contribution in [2.75, 3.05) is 33.8 Å². The summed E-state index contributed by atoms with van der Waals surface area (Å²) in [5, 5.41) is 4.69. The zero-order chi connectivity index (χ0) is 19.6. The Morgan fingerprint density at radius 1 is 1.04 bits per heavy atom. The van der Waals surface area contributed by atoms with E-state index in [0.29, 0.717) is 23.3 Å². The Morgan fingerprint density at radius 2 is 1.85 bits per heavy atom. The molecule has 0 saturated heterocycles. The van der Waals surface area contributed by atoms with E-state index >= 15 is 0 Å². The summed E-state index contributed by atoms with van der Waals surface area (Å²) in [5.74, 6) is 1.50. The molecule has 0 spiro atoms. The van der Waals surface area contributed by atoms with Crippen LogP contribution in [0.1, 0.15) is 24.5 Å². The van der Waals surface area contributed by atoms with Crippen molar-refractivity contribution in [3.05, 3.63) is 57.6 Å². The van der Waals surface area contributed by atoms with Gasteiger partial charge in [-0.15, -0.1) is 0 Å². The molecule has 0 unspecified atom stereocenters. The molecule has 2 rings (SSSR count). The van der Waals surface area contributed by atoms with Crippen LogP contribution < -0.4 is 14.8 Å². The van der Waals surface area contributed by atoms with Gasteiger partial charge < -0.3 is 19.7 Å². The molecule has 1 N–H and O–H groups in total. The molecule has 0 amide bonds. The van der Waals surface area contributed by atoms with E-state index in [2.05, 4.69) is 30.4 Å². The van der Waals surface area contributed by atoms with Gasteiger partial charge in [-0.05, 0) is 58.7 Å². The highest BCUT2D eigenvalue weighted by atomic mass is 35.5. The highest BCUT2D eigenvalue weighted by Gasteiger charge is 2.12. The van der Waals surface area contributed by atoms with Gasteiger partial charge in [0.2, 0.25) is 0 Å². The molecule has 6 heteroatoms. The van der Waals surface area contributed by atoms with Crippen LogP contribution in [0.25, 0.3) is 0 Å². The van der Waals surface area contributed by atoms with E-state index in [1.807, 2.05) is 31.2 Å².